The normalized spacial score (nSPS) is 12.2. The van der Waals surface area contributed by atoms with Crippen molar-refractivity contribution >= 4 is 23.6 Å². The first-order valence-corrected chi connectivity index (χ1v) is 20.4. The molecule has 0 atom stereocenters. The third kappa shape index (κ3) is 17.7. The van der Waals surface area contributed by atoms with Gasteiger partial charge in [-0.3, -0.25) is 9.59 Å². The molecule has 18 heteroatoms. The molecule has 1 aliphatic carbocycles. The van der Waals surface area contributed by atoms with Crippen molar-refractivity contribution in [2.45, 2.75) is 19.8 Å². The first kappa shape index (κ1) is 49.4. The summed E-state index contributed by atoms with van der Waals surface area (Å²) in [5.41, 5.74) is 2.05. The van der Waals surface area contributed by atoms with Crippen LogP contribution in [-0.4, -0.2) is 183 Å². The fourth-order valence-corrected chi connectivity index (χ4v) is 6.01. The van der Waals surface area contributed by atoms with Gasteiger partial charge in [0.2, 0.25) is 0 Å². The smallest absolute Gasteiger partial charge is 0.198 e. The van der Waals surface area contributed by atoms with E-state index in [0.29, 0.717) is 76.2 Å². The molecule has 3 rings (SSSR count). The highest BCUT2D eigenvalue weighted by atomic mass is 32.2. The highest BCUT2D eigenvalue weighted by Gasteiger charge is 2.37. The summed E-state index contributed by atoms with van der Waals surface area (Å²) in [6.07, 6.45) is 1.15. The van der Waals surface area contributed by atoms with Crippen LogP contribution in [0.1, 0.15) is 49.4 Å². The number of carbonyl (C=O) groups is 2. The number of aliphatic hydroxyl groups is 4. The van der Waals surface area contributed by atoms with Crippen molar-refractivity contribution in [3.8, 4) is 17.2 Å². The molecule has 0 aromatic heterocycles. The zero-order valence-corrected chi connectivity index (χ0v) is 34.2. The lowest BCUT2D eigenvalue weighted by molar-refractivity contribution is 0.0245. The second-order valence-electron chi connectivity index (χ2n) is 12.4. The lowest BCUT2D eigenvalue weighted by Crippen LogP contribution is -2.25. The van der Waals surface area contributed by atoms with Crippen molar-refractivity contribution in [3.63, 3.8) is 0 Å². The summed E-state index contributed by atoms with van der Waals surface area (Å²) in [6.45, 7) is 6.15. The molecule has 0 unspecified atom stereocenters. The van der Waals surface area contributed by atoms with Gasteiger partial charge >= 0.3 is 0 Å². The predicted octanol–water partition coefficient (Wildman–Crippen LogP) is 1.59. The van der Waals surface area contributed by atoms with Crippen LogP contribution in [0.2, 0.25) is 0 Å². The van der Waals surface area contributed by atoms with Gasteiger partial charge in [0.15, 0.2) is 11.6 Å². The number of rotatable bonds is 37. The first-order valence-electron chi connectivity index (χ1n) is 19.5. The molecule has 0 amide bonds. The Balaban J connectivity index is 1.85. The van der Waals surface area contributed by atoms with Gasteiger partial charge in [0.1, 0.15) is 37.1 Å². The predicted molar refractivity (Wildman–Crippen MR) is 212 cm³/mol. The zero-order valence-electron chi connectivity index (χ0n) is 33.4. The molecule has 0 spiro atoms. The molecule has 0 bridgehead atoms. The van der Waals surface area contributed by atoms with Gasteiger partial charge in [-0.15, -0.1) is 0 Å². The minimum atomic E-state index is -0.430. The summed E-state index contributed by atoms with van der Waals surface area (Å²) in [7, 11) is 0. The molecule has 0 saturated heterocycles. The quantitative estimate of drug-likeness (QED) is 0.0479. The molecule has 0 aliphatic heterocycles. The van der Waals surface area contributed by atoms with E-state index in [9.17, 15) is 9.59 Å². The molecular weight excluding hydrogens is 784 g/mol. The maximum atomic E-state index is 14.5. The van der Waals surface area contributed by atoms with Gasteiger partial charge in [-0.25, -0.2) is 0 Å². The lowest BCUT2D eigenvalue weighted by Gasteiger charge is -2.26. The van der Waals surface area contributed by atoms with Crippen LogP contribution in [0.15, 0.2) is 18.2 Å². The van der Waals surface area contributed by atoms with Crippen LogP contribution < -0.4 is 14.2 Å². The number of fused-ring (bicyclic) bond motifs is 2. The summed E-state index contributed by atoms with van der Waals surface area (Å²) in [6, 6.07) is 4.84. The second-order valence-corrected chi connectivity index (χ2v) is 13.3. The monoisotopic (exact) mass is 844 g/mol. The van der Waals surface area contributed by atoms with E-state index in [4.69, 9.17) is 72.0 Å². The molecule has 0 heterocycles. The van der Waals surface area contributed by atoms with Crippen molar-refractivity contribution < 1.29 is 81.6 Å². The van der Waals surface area contributed by atoms with Gasteiger partial charge in [0.25, 0.3) is 0 Å². The fourth-order valence-electron chi connectivity index (χ4n) is 5.63. The average Bonchev–Trinajstić information content (AvgIpc) is 3.22. The van der Waals surface area contributed by atoms with E-state index < -0.39 is 11.6 Å². The van der Waals surface area contributed by atoms with Crippen molar-refractivity contribution in [1.29, 1.82) is 0 Å². The van der Waals surface area contributed by atoms with Crippen LogP contribution >= 0.6 is 12.0 Å². The number of ether oxygens (including phenoxy) is 10. The van der Waals surface area contributed by atoms with Crippen molar-refractivity contribution in [2.75, 3.05) is 151 Å². The van der Waals surface area contributed by atoms with Crippen LogP contribution in [0.4, 0.5) is 0 Å². The lowest BCUT2D eigenvalue weighted by atomic mass is 9.80. The number of carbonyl (C=O) groups excluding carboxylic acids is 2. The number of ketones is 2. The van der Waals surface area contributed by atoms with E-state index in [1.165, 1.54) is 6.07 Å². The Kier molecular flexibility index (Phi) is 26.4. The molecule has 4 N–H and O–H groups in total. The molecule has 328 valence electrons. The largest absolute Gasteiger partial charge is 0.491 e. The summed E-state index contributed by atoms with van der Waals surface area (Å²) in [5.74, 6) is 0.354. The Labute approximate surface area is 344 Å². The van der Waals surface area contributed by atoms with Gasteiger partial charge < -0.3 is 72.0 Å². The summed E-state index contributed by atoms with van der Waals surface area (Å²) < 4.78 is 61.9. The fraction of sp³-hybridized carbons (Fsp3) is 0.650. The van der Waals surface area contributed by atoms with Crippen molar-refractivity contribution in [2.24, 2.45) is 0 Å². The Hall–Kier alpha value is -2.95. The standard InChI is InChI=1S/C40H60O17S/c1-30-31(3-2-8-47-12-13-48-9-4-41)27-33-37(40(30)56-24-20-52-17-15-50-11-6-43)39(46)34-28-32(54-22-18-51-16-14-49-10-5-42)29-35(36(34)38(33)45)55-23-19-53-21-25-57-58-26-7-44/h27-29,41-44H,2-26H2,1H3. The molecule has 0 radical (unpaired) electrons. The molecule has 2 aromatic rings. The van der Waals surface area contributed by atoms with E-state index in [1.807, 2.05) is 6.92 Å². The molecule has 17 nitrogen and oxygen atoms in total. The topological polar surface area (TPSA) is 217 Å². The zero-order chi connectivity index (χ0) is 41.6. The highest BCUT2D eigenvalue weighted by molar-refractivity contribution is 7.94. The van der Waals surface area contributed by atoms with Crippen LogP contribution in [0.5, 0.6) is 17.2 Å². The number of benzene rings is 2. The summed E-state index contributed by atoms with van der Waals surface area (Å²) in [5, 5.41) is 35.6. The molecular formula is C40H60O17S. The van der Waals surface area contributed by atoms with Crippen LogP contribution in [0.25, 0.3) is 0 Å². The second kappa shape index (κ2) is 31.0. The minimum Gasteiger partial charge on any atom is -0.491 e. The number of hydrogen-bond donors (Lipinski definition) is 4. The van der Waals surface area contributed by atoms with Crippen LogP contribution in [0.3, 0.4) is 0 Å². The van der Waals surface area contributed by atoms with Crippen molar-refractivity contribution in [1.82, 2.24) is 0 Å². The average molecular weight is 845 g/mol. The minimum absolute atomic E-state index is 0.0116. The number of aryl methyl sites for hydroxylation is 1. The maximum absolute atomic E-state index is 14.5. The Morgan fingerprint density at radius 1 is 0.500 bits per heavy atom. The van der Waals surface area contributed by atoms with E-state index in [0.717, 1.165) is 17.6 Å². The maximum Gasteiger partial charge on any atom is 0.198 e. The van der Waals surface area contributed by atoms with Crippen molar-refractivity contribution in [3.05, 3.63) is 51.6 Å². The Morgan fingerprint density at radius 2 is 0.983 bits per heavy atom. The third-order valence-corrected chi connectivity index (χ3v) is 8.92. The van der Waals surface area contributed by atoms with Gasteiger partial charge in [0, 0.05) is 29.6 Å². The van der Waals surface area contributed by atoms with E-state index >= 15 is 0 Å². The summed E-state index contributed by atoms with van der Waals surface area (Å²) in [4.78, 5) is 29.1. The first-order chi connectivity index (χ1) is 28.5. The number of hydrogen-bond acceptors (Lipinski definition) is 18. The highest BCUT2D eigenvalue weighted by Crippen LogP contribution is 2.42. The van der Waals surface area contributed by atoms with Gasteiger partial charge in [-0.1, -0.05) is 0 Å². The van der Waals surface area contributed by atoms with Gasteiger partial charge in [-0.2, -0.15) is 0 Å². The van der Waals surface area contributed by atoms with Crippen LogP contribution in [-0.2, 0) is 43.8 Å². The summed E-state index contributed by atoms with van der Waals surface area (Å²) >= 11 is 1.15. The Bertz CT molecular complexity index is 1460. The molecule has 0 fully saturated rings. The van der Waals surface area contributed by atoms with E-state index in [-0.39, 0.29) is 133 Å². The van der Waals surface area contributed by atoms with E-state index in [1.54, 1.807) is 12.1 Å². The molecule has 1 aliphatic rings. The molecule has 0 saturated carbocycles. The number of aliphatic hydroxyl groups excluding tert-OH is 4. The SMILES string of the molecule is Cc1c(CCCOCCOCCO)cc2c(c1OCCOCCOCCO)C(=O)c1cc(OCCOCCOCCO)cc(OCCOCCOSCCO)c1C2=O. The third-order valence-electron chi connectivity index (χ3n) is 8.24. The van der Waals surface area contributed by atoms with Gasteiger partial charge in [0.05, 0.1) is 130 Å². The van der Waals surface area contributed by atoms with E-state index in [2.05, 4.69) is 0 Å². The Morgan fingerprint density at radius 3 is 1.57 bits per heavy atom. The molecule has 2 aromatic carbocycles. The molecule has 58 heavy (non-hydrogen) atoms. The van der Waals surface area contributed by atoms with Crippen LogP contribution in [0, 0.1) is 6.92 Å². The van der Waals surface area contributed by atoms with Gasteiger partial charge in [-0.05, 0) is 55.1 Å².